The van der Waals surface area contributed by atoms with Gasteiger partial charge in [0.25, 0.3) is 0 Å². The molecule has 0 unspecified atom stereocenters. The van der Waals surface area contributed by atoms with Gasteiger partial charge >= 0.3 is 0 Å². The molecule has 1 aromatic heterocycles. The quantitative estimate of drug-likeness (QED) is 0.778. The maximum Gasteiger partial charge on any atom is 0.215 e. The van der Waals surface area contributed by atoms with Gasteiger partial charge in [-0.2, -0.15) is 8.75 Å². The standard InChI is InChI=1S/C9H4Cl2N2OS/c10-5-1-2-7(11)6(3-5)9(14)8-4-12-15-13-8/h1-4H. The number of hydrogen-bond donors (Lipinski definition) is 0. The number of carbonyl (C=O) groups excluding carboxylic acids is 1. The number of benzene rings is 1. The van der Waals surface area contributed by atoms with Crippen LogP contribution in [0.15, 0.2) is 24.4 Å². The third kappa shape index (κ3) is 2.17. The van der Waals surface area contributed by atoms with Gasteiger partial charge in [-0.25, -0.2) is 0 Å². The van der Waals surface area contributed by atoms with Crippen LogP contribution in [0, 0.1) is 0 Å². The highest BCUT2D eigenvalue weighted by Gasteiger charge is 2.15. The Morgan fingerprint density at radius 1 is 1.33 bits per heavy atom. The number of halogens is 2. The molecule has 2 rings (SSSR count). The van der Waals surface area contributed by atoms with Crippen LogP contribution in [-0.2, 0) is 0 Å². The molecule has 0 bridgehead atoms. The average Bonchev–Trinajstić information content (AvgIpc) is 2.74. The van der Waals surface area contributed by atoms with Crippen molar-refractivity contribution in [3.63, 3.8) is 0 Å². The summed E-state index contributed by atoms with van der Waals surface area (Å²) in [6.45, 7) is 0. The Kier molecular flexibility index (Phi) is 3.00. The largest absolute Gasteiger partial charge is 0.287 e. The van der Waals surface area contributed by atoms with Crippen LogP contribution in [-0.4, -0.2) is 14.5 Å². The normalized spacial score (nSPS) is 10.3. The lowest BCUT2D eigenvalue weighted by Crippen LogP contribution is -2.02. The van der Waals surface area contributed by atoms with Crippen molar-refractivity contribution in [2.24, 2.45) is 0 Å². The first-order valence-electron chi connectivity index (χ1n) is 3.96. The summed E-state index contributed by atoms with van der Waals surface area (Å²) in [7, 11) is 0. The van der Waals surface area contributed by atoms with E-state index in [0.29, 0.717) is 15.6 Å². The molecule has 0 radical (unpaired) electrons. The molecular formula is C9H4Cl2N2OS. The molecule has 1 aromatic carbocycles. The Labute approximate surface area is 100.0 Å². The van der Waals surface area contributed by atoms with Crippen molar-refractivity contribution >= 4 is 40.7 Å². The van der Waals surface area contributed by atoms with E-state index in [9.17, 15) is 4.79 Å². The van der Waals surface area contributed by atoms with Gasteiger partial charge in [-0.1, -0.05) is 23.2 Å². The lowest BCUT2D eigenvalue weighted by molar-refractivity contribution is 0.103. The summed E-state index contributed by atoms with van der Waals surface area (Å²) in [6.07, 6.45) is 1.41. The predicted molar refractivity (Wildman–Crippen MR) is 59.8 cm³/mol. The van der Waals surface area contributed by atoms with Crippen LogP contribution in [0.1, 0.15) is 16.1 Å². The fraction of sp³-hybridized carbons (Fsp3) is 0. The van der Waals surface area contributed by atoms with Crippen LogP contribution in [0.3, 0.4) is 0 Å². The Hall–Kier alpha value is -0.970. The third-order valence-corrected chi connectivity index (χ3v) is 2.81. The molecule has 0 saturated heterocycles. The first-order chi connectivity index (χ1) is 7.18. The topological polar surface area (TPSA) is 42.9 Å². The molecule has 3 nitrogen and oxygen atoms in total. The van der Waals surface area contributed by atoms with Gasteiger partial charge in [-0.05, 0) is 18.2 Å². The van der Waals surface area contributed by atoms with E-state index < -0.39 is 0 Å². The molecule has 1 heterocycles. The maximum atomic E-state index is 11.8. The Morgan fingerprint density at radius 3 is 2.80 bits per heavy atom. The summed E-state index contributed by atoms with van der Waals surface area (Å²) < 4.78 is 7.60. The summed E-state index contributed by atoms with van der Waals surface area (Å²) in [6, 6.07) is 4.72. The van der Waals surface area contributed by atoms with Crippen LogP contribution in [0.4, 0.5) is 0 Å². The highest BCUT2D eigenvalue weighted by atomic mass is 35.5. The fourth-order valence-electron chi connectivity index (χ4n) is 1.07. The minimum atomic E-state index is -0.267. The summed E-state index contributed by atoms with van der Waals surface area (Å²) in [5, 5.41) is 0.823. The van der Waals surface area contributed by atoms with Gasteiger partial charge in [0.2, 0.25) is 5.78 Å². The van der Waals surface area contributed by atoms with Gasteiger partial charge in [0, 0.05) is 10.6 Å². The number of aromatic nitrogens is 2. The number of hydrogen-bond acceptors (Lipinski definition) is 4. The zero-order valence-corrected chi connectivity index (χ0v) is 9.60. The molecule has 0 N–H and O–H groups in total. The van der Waals surface area contributed by atoms with E-state index in [1.165, 1.54) is 12.3 Å². The smallest absolute Gasteiger partial charge is 0.215 e. The first-order valence-corrected chi connectivity index (χ1v) is 5.44. The molecule has 0 saturated carbocycles. The lowest BCUT2D eigenvalue weighted by atomic mass is 10.1. The number of carbonyl (C=O) groups is 1. The molecule has 0 aliphatic heterocycles. The molecule has 0 aliphatic carbocycles. The van der Waals surface area contributed by atoms with Crippen LogP contribution in [0.5, 0.6) is 0 Å². The van der Waals surface area contributed by atoms with Gasteiger partial charge in [-0.15, -0.1) is 0 Å². The first kappa shape index (κ1) is 10.5. The van der Waals surface area contributed by atoms with E-state index in [-0.39, 0.29) is 11.5 Å². The minimum Gasteiger partial charge on any atom is -0.287 e. The van der Waals surface area contributed by atoms with Crippen molar-refractivity contribution in [1.82, 2.24) is 8.75 Å². The fourth-order valence-corrected chi connectivity index (χ4v) is 1.86. The van der Waals surface area contributed by atoms with E-state index in [1.54, 1.807) is 12.1 Å². The van der Waals surface area contributed by atoms with Crippen LogP contribution in [0.25, 0.3) is 0 Å². The molecule has 0 aliphatic rings. The van der Waals surface area contributed by atoms with Gasteiger partial charge in [0.1, 0.15) is 5.69 Å². The zero-order chi connectivity index (χ0) is 10.8. The van der Waals surface area contributed by atoms with Crippen molar-refractivity contribution in [2.45, 2.75) is 0 Å². The highest BCUT2D eigenvalue weighted by molar-refractivity contribution is 6.99. The van der Waals surface area contributed by atoms with Gasteiger partial charge in [0.05, 0.1) is 22.9 Å². The van der Waals surface area contributed by atoms with Gasteiger partial charge in [0.15, 0.2) is 0 Å². The average molecular weight is 259 g/mol. The SMILES string of the molecule is O=C(c1cnsn1)c1cc(Cl)ccc1Cl. The molecule has 15 heavy (non-hydrogen) atoms. The van der Waals surface area contributed by atoms with E-state index >= 15 is 0 Å². The molecule has 0 atom stereocenters. The molecule has 0 fully saturated rings. The lowest BCUT2D eigenvalue weighted by Gasteiger charge is -2.00. The number of ketones is 1. The van der Waals surface area contributed by atoms with E-state index in [2.05, 4.69) is 8.75 Å². The van der Waals surface area contributed by atoms with E-state index in [0.717, 1.165) is 11.7 Å². The second-order valence-corrected chi connectivity index (χ2v) is 4.15. The number of nitrogens with zero attached hydrogens (tertiary/aromatic N) is 2. The second kappa shape index (κ2) is 4.26. The van der Waals surface area contributed by atoms with E-state index in [1.807, 2.05) is 0 Å². The van der Waals surface area contributed by atoms with Gasteiger partial charge < -0.3 is 0 Å². The van der Waals surface area contributed by atoms with Crippen LogP contribution in [0.2, 0.25) is 10.0 Å². The van der Waals surface area contributed by atoms with Crippen molar-refractivity contribution in [3.8, 4) is 0 Å². The maximum absolute atomic E-state index is 11.8. The Bertz CT molecular complexity index is 499. The Morgan fingerprint density at radius 2 is 2.13 bits per heavy atom. The van der Waals surface area contributed by atoms with Crippen molar-refractivity contribution in [2.75, 3.05) is 0 Å². The van der Waals surface area contributed by atoms with Crippen molar-refractivity contribution < 1.29 is 4.79 Å². The third-order valence-electron chi connectivity index (χ3n) is 1.77. The minimum absolute atomic E-state index is 0.267. The zero-order valence-electron chi connectivity index (χ0n) is 7.28. The summed E-state index contributed by atoms with van der Waals surface area (Å²) >= 11 is 12.6. The molecule has 2 aromatic rings. The second-order valence-electron chi connectivity index (χ2n) is 2.75. The van der Waals surface area contributed by atoms with E-state index in [4.69, 9.17) is 23.2 Å². The predicted octanol–water partition coefficient (Wildman–Crippen LogP) is 3.08. The van der Waals surface area contributed by atoms with Gasteiger partial charge in [-0.3, -0.25) is 4.79 Å². The molecule has 0 amide bonds. The van der Waals surface area contributed by atoms with Crippen LogP contribution >= 0.6 is 34.9 Å². The molecule has 6 heteroatoms. The summed E-state index contributed by atoms with van der Waals surface area (Å²) in [4.78, 5) is 11.8. The van der Waals surface area contributed by atoms with Crippen LogP contribution < -0.4 is 0 Å². The molecule has 76 valence electrons. The molecule has 0 spiro atoms. The molecular weight excluding hydrogens is 255 g/mol. The Balaban J connectivity index is 2.46. The summed E-state index contributed by atoms with van der Waals surface area (Å²) in [5.74, 6) is -0.267. The summed E-state index contributed by atoms with van der Waals surface area (Å²) in [5.41, 5.74) is 0.626. The number of rotatable bonds is 2. The van der Waals surface area contributed by atoms with Crippen molar-refractivity contribution in [1.29, 1.82) is 0 Å². The monoisotopic (exact) mass is 258 g/mol. The highest BCUT2D eigenvalue weighted by Crippen LogP contribution is 2.22. The van der Waals surface area contributed by atoms with Crippen molar-refractivity contribution in [3.05, 3.63) is 45.7 Å².